The lowest BCUT2D eigenvalue weighted by molar-refractivity contribution is 0.0968. The Morgan fingerprint density at radius 1 is 1.29 bits per heavy atom. The summed E-state index contributed by atoms with van der Waals surface area (Å²) >= 11 is 0. The molecule has 2 heterocycles. The Kier molecular flexibility index (Phi) is 2.66. The van der Waals surface area contributed by atoms with Crippen LogP contribution >= 0.6 is 0 Å². The van der Waals surface area contributed by atoms with Gasteiger partial charge in [0.25, 0.3) is 0 Å². The molecule has 1 aliphatic rings. The molecule has 0 radical (unpaired) electrons. The molecule has 3 rings (SSSR count). The summed E-state index contributed by atoms with van der Waals surface area (Å²) in [5, 5.41) is 0. The van der Waals surface area contributed by atoms with E-state index in [1.807, 2.05) is 41.1 Å². The van der Waals surface area contributed by atoms with Gasteiger partial charge in [0.1, 0.15) is 11.9 Å². The SMILES string of the molecule is N[C@@H]1CCO[C@@H]1c1nccn1-c1ccccc1. The van der Waals surface area contributed by atoms with Crippen molar-refractivity contribution in [2.45, 2.75) is 18.6 Å². The third kappa shape index (κ3) is 1.85. The topological polar surface area (TPSA) is 53.1 Å². The zero-order chi connectivity index (χ0) is 11.7. The highest BCUT2D eigenvalue weighted by Gasteiger charge is 2.30. The van der Waals surface area contributed by atoms with Crippen molar-refractivity contribution in [2.24, 2.45) is 5.73 Å². The molecule has 2 atom stereocenters. The number of nitrogens with two attached hydrogens (primary N) is 1. The summed E-state index contributed by atoms with van der Waals surface area (Å²) in [6.45, 7) is 0.716. The molecule has 1 aromatic heterocycles. The van der Waals surface area contributed by atoms with Gasteiger partial charge in [0.2, 0.25) is 0 Å². The summed E-state index contributed by atoms with van der Waals surface area (Å²) < 4.78 is 7.70. The second-order valence-electron chi connectivity index (χ2n) is 4.23. The van der Waals surface area contributed by atoms with Gasteiger partial charge in [-0.15, -0.1) is 0 Å². The van der Waals surface area contributed by atoms with Gasteiger partial charge in [-0.25, -0.2) is 4.98 Å². The van der Waals surface area contributed by atoms with E-state index in [9.17, 15) is 0 Å². The van der Waals surface area contributed by atoms with E-state index >= 15 is 0 Å². The van der Waals surface area contributed by atoms with Crippen LogP contribution in [0.3, 0.4) is 0 Å². The average molecular weight is 229 g/mol. The smallest absolute Gasteiger partial charge is 0.144 e. The van der Waals surface area contributed by atoms with Crippen LogP contribution in [0.15, 0.2) is 42.7 Å². The molecule has 2 aromatic rings. The molecule has 4 nitrogen and oxygen atoms in total. The van der Waals surface area contributed by atoms with Crippen molar-refractivity contribution in [2.75, 3.05) is 6.61 Å². The maximum Gasteiger partial charge on any atom is 0.144 e. The largest absolute Gasteiger partial charge is 0.369 e. The number of hydrogen-bond donors (Lipinski definition) is 1. The van der Waals surface area contributed by atoms with E-state index in [1.165, 1.54) is 0 Å². The number of imidazole rings is 1. The van der Waals surface area contributed by atoms with Crippen molar-refractivity contribution >= 4 is 0 Å². The van der Waals surface area contributed by atoms with Crippen LogP contribution in [0.1, 0.15) is 18.3 Å². The lowest BCUT2D eigenvalue weighted by Crippen LogP contribution is -2.25. The first-order valence-electron chi connectivity index (χ1n) is 5.82. The fourth-order valence-corrected chi connectivity index (χ4v) is 2.20. The van der Waals surface area contributed by atoms with Crippen molar-refractivity contribution in [3.8, 4) is 5.69 Å². The molecule has 4 heteroatoms. The number of nitrogens with zero attached hydrogens (tertiary/aromatic N) is 2. The summed E-state index contributed by atoms with van der Waals surface area (Å²) in [5.74, 6) is 0.890. The van der Waals surface area contributed by atoms with Crippen molar-refractivity contribution in [3.05, 3.63) is 48.5 Å². The molecule has 1 aliphatic heterocycles. The molecule has 0 saturated carbocycles. The zero-order valence-corrected chi connectivity index (χ0v) is 9.49. The highest BCUT2D eigenvalue weighted by Crippen LogP contribution is 2.28. The number of benzene rings is 1. The number of ether oxygens (including phenoxy) is 1. The van der Waals surface area contributed by atoms with Gasteiger partial charge in [0.05, 0.1) is 0 Å². The highest BCUT2D eigenvalue weighted by atomic mass is 16.5. The van der Waals surface area contributed by atoms with Gasteiger partial charge in [-0.2, -0.15) is 0 Å². The Morgan fingerprint density at radius 2 is 2.12 bits per heavy atom. The lowest BCUT2D eigenvalue weighted by atomic mass is 10.1. The first kappa shape index (κ1) is 10.5. The van der Waals surface area contributed by atoms with Gasteiger partial charge in [0, 0.05) is 30.7 Å². The van der Waals surface area contributed by atoms with Crippen LogP contribution in [-0.4, -0.2) is 22.2 Å². The maximum atomic E-state index is 6.04. The summed E-state index contributed by atoms with van der Waals surface area (Å²) in [7, 11) is 0. The third-order valence-electron chi connectivity index (χ3n) is 3.10. The average Bonchev–Trinajstić information content (AvgIpc) is 2.98. The minimum absolute atomic E-state index is 0.0415. The molecular weight excluding hydrogens is 214 g/mol. The van der Waals surface area contributed by atoms with Crippen LogP contribution in [0.4, 0.5) is 0 Å². The number of aromatic nitrogens is 2. The molecule has 0 amide bonds. The normalized spacial score (nSPS) is 24.1. The van der Waals surface area contributed by atoms with E-state index in [-0.39, 0.29) is 12.1 Å². The molecule has 2 N–H and O–H groups in total. The quantitative estimate of drug-likeness (QED) is 0.852. The minimum atomic E-state index is -0.0924. The zero-order valence-electron chi connectivity index (χ0n) is 9.49. The Morgan fingerprint density at radius 3 is 2.82 bits per heavy atom. The van der Waals surface area contributed by atoms with Crippen LogP contribution in [-0.2, 0) is 4.74 Å². The molecule has 0 spiro atoms. The summed E-state index contributed by atoms with van der Waals surface area (Å²) in [5.41, 5.74) is 7.12. The van der Waals surface area contributed by atoms with Crippen LogP contribution in [0.2, 0.25) is 0 Å². The lowest BCUT2D eigenvalue weighted by Gasteiger charge is -2.16. The Labute approximate surface area is 100 Å². The van der Waals surface area contributed by atoms with Gasteiger partial charge >= 0.3 is 0 Å². The molecule has 17 heavy (non-hydrogen) atoms. The second kappa shape index (κ2) is 4.31. The summed E-state index contributed by atoms with van der Waals surface area (Å²) in [6, 6.07) is 10.2. The van der Waals surface area contributed by atoms with E-state index in [0.29, 0.717) is 6.61 Å². The summed E-state index contributed by atoms with van der Waals surface area (Å²) in [6.07, 6.45) is 4.53. The Bertz CT molecular complexity index is 494. The molecule has 0 bridgehead atoms. The van der Waals surface area contributed by atoms with Gasteiger partial charge < -0.3 is 15.0 Å². The van der Waals surface area contributed by atoms with E-state index in [0.717, 1.165) is 17.9 Å². The number of para-hydroxylation sites is 1. The molecule has 1 fully saturated rings. The number of rotatable bonds is 2. The minimum Gasteiger partial charge on any atom is -0.369 e. The van der Waals surface area contributed by atoms with Crippen molar-refractivity contribution < 1.29 is 4.74 Å². The molecule has 0 unspecified atom stereocenters. The van der Waals surface area contributed by atoms with E-state index in [4.69, 9.17) is 10.5 Å². The van der Waals surface area contributed by atoms with Crippen LogP contribution in [0.25, 0.3) is 5.69 Å². The second-order valence-corrected chi connectivity index (χ2v) is 4.23. The first-order chi connectivity index (χ1) is 8.36. The summed E-state index contributed by atoms with van der Waals surface area (Å²) in [4.78, 5) is 4.38. The van der Waals surface area contributed by atoms with Crippen molar-refractivity contribution in [3.63, 3.8) is 0 Å². The number of hydrogen-bond acceptors (Lipinski definition) is 3. The molecule has 1 aromatic carbocycles. The van der Waals surface area contributed by atoms with Crippen LogP contribution in [0.5, 0.6) is 0 Å². The predicted octanol–water partition coefficient (Wildman–Crippen LogP) is 1.66. The molecule has 88 valence electrons. The van der Waals surface area contributed by atoms with Gasteiger partial charge in [-0.05, 0) is 18.6 Å². The van der Waals surface area contributed by atoms with Gasteiger partial charge in [0.15, 0.2) is 0 Å². The fraction of sp³-hybridized carbons (Fsp3) is 0.308. The molecule has 1 saturated heterocycles. The van der Waals surface area contributed by atoms with Crippen LogP contribution < -0.4 is 5.73 Å². The molecular formula is C13H15N3O. The van der Waals surface area contributed by atoms with E-state index < -0.39 is 0 Å². The van der Waals surface area contributed by atoms with Crippen LogP contribution in [0, 0.1) is 0 Å². The Hall–Kier alpha value is -1.65. The monoisotopic (exact) mass is 229 g/mol. The Balaban J connectivity index is 2.00. The van der Waals surface area contributed by atoms with Crippen molar-refractivity contribution in [1.82, 2.24) is 9.55 Å². The van der Waals surface area contributed by atoms with Crippen molar-refractivity contribution in [1.29, 1.82) is 0 Å². The van der Waals surface area contributed by atoms with Gasteiger partial charge in [-0.3, -0.25) is 0 Å². The first-order valence-corrected chi connectivity index (χ1v) is 5.82. The van der Waals surface area contributed by atoms with Gasteiger partial charge in [-0.1, -0.05) is 18.2 Å². The highest BCUT2D eigenvalue weighted by molar-refractivity contribution is 5.33. The standard InChI is InChI=1S/C13H15N3O/c14-11-6-9-17-12(11)13-15-7-8-16(13)10-4-2-1-3-5-10/h1-5,7-8,11-12H,6,9,14H2/t11-,12+/m1/s1. The van der Waals surface area contributed by atoms with E-state index in [2.05, 4.69) is 4.98 Å². The third-order valence-corrected chi connectivity index (χ3v) is 3.10. The maximum absolute atomic E-state index is 6.04. The van der Waals surface area contributed by atoms with E-state index in [1.54, 1.807) is 6.20 Å². The predicted molar refractivity (Wildman–Crippen MR) is 64.8 cm³/mol. The molecule has 0 aliphatic carbocycles. The fourth-order valence-electron chi connectivity index (χ4n) is 2.20.